The molecule has 0 aliphatic heterocycles. The molecule has 1 amide bonds. The first-order valence-corrected chi connectivity index (χ1v) is 8.77. The predicted molar refractivity (Wildman–Crippen MR) is 82.1 cm³/mol. The van der Waals surface area contributed by atoms with E-state index in [2.05, 4.69) is 21.2 Å². The van der Waals surface area contributed by atoms with Crippen molar-refractivity contribution in [3.05, 3.63) is 28.7 Å². The molecule has 0 unspecified atom stereocenters. The zero-order valence-electron chi connectivity index (χ0n) is 11.3. The predicted octanol–water partition coefficient (Wildman–Crippen LogP) is 1.47. The average Bonchev–Trinajstić information content (AvgIpc) is 2.38. The van der Waals surface area contributed by atoms with Gasteiger partial charge in [0.05, 0.1) is 10.6 Å². The van der Waals surface area contributed by atoms with Crippen LogP contribution in [0.2, 0.25) is 0 Å². The van der Waals surface area contributed by atoms with Crippen molar-refractivity contribution >= 4 is 31.7 Å². The van der Waals surface area contributed by atoms with Crippen LogP contribution in [0.1, 0.15) is 19.8 Å². The molecule has 7 heteroatoms. The number of rotatable bonds is 7. The Kier molecular flexibility index (Phi) is 6.64. The van der Waals surface area contributed by atoms with E-state index in [-0.39, 0.29) is 29.0 Å². The van der Waals surface area contributed by atoms with Gasteiger partial charge < -0.3 is 11.1 Å². The Bertz CT molecular complexity index is 543. The van der Waals surface area contributed by atoms with Crippen molar-refractivity contribution in [1.82, 2.24) is 5.32 Å². The SMILES string of the molecule is C[C@@H](CN)NC(=O)CCCS(=O)(=O)c1ccc(Br)cc1. The molecule has 3 N–H and O–H groups in total. The topological polar surface area (TPSA) is 89.3 Å². The minimum Gasteiger partial charge on any atom is -0.352 e. The quantitative estimate of drug-likeness (QED) is 0.768. The van der Waals surface area contributed by atoms with Crippen LogP contribution in [0.5, 0.6) is 0 Å². The van der Waals surface area contributed by atoms with E-state index >= 15 is 0 Å². The van der Waals surface area contributed by atoms with E-state index in [0.717, 1.165) is 4.47 Å². The second kappa shape index (κ2) is 7.75. The van der Waals surface area contributed by atoms with E-state index in [4.69, 9.17) is 5.73 Å². The number of carbonyl (C=O) groups is 1. The summed E-state index contributed by atoms with van der Waals surface area (Å²) in [7, 11) is -3.33. The van der Waals surface area contributed by atoms with Gasteiger partial charge in [-0.05, 0) is 37.6 Å². The highest BCUT2D eigenvalue weighted by Crippen LogP contribution is 2.16. The number of nitrogens with two attached hydrogens (primary N) is 1. The van der Waals surface area contributed by atoms with Crippen LogP contribution in [0, 0.1) is 0 Å². The largest absolute Gasteiger partial charge is 0.352 e. The molecule has 0 saturated carbocycles. The van der Waals surface area contributed by atoms with E-state index in [1.807, 2.05) is 0 Å². The Hall–Kier alpha value is -0.920. The first-order valence-electron chi connectivity index (χ1n) is 6.33. The number of hydrogen-bond donors (Lipinski definition) is 2. The number of hydrogen-bond acceptors (Lipinski definition) is 4. The van der Waals surface area contributed by atoms with Crippen LogP contribution in [0.3, 0.4) is 0 Å². The molecule has 1 rings (SSSR count). The molecule has 0 heterocycles. The molecule has 0 aromatic heterocycles. The summed E-state index contributed by atoms with van der Waals surface area (Å²) < 4.78 is 24.9. The van der Waals surface area contributed by atoms with Crippen molar-refractivity contribution < 1.29 is 13.2 Å². The highest BCUT2D eigenvalue weighted by molar-refractivity contribution is 9.10. The molecular weight excluding hydrogens is 344 g/mol. The van der Waals surface area contributed by atoms with Crippen molar-refractivity contribution in [2.45, 2.75) is 30.7 Å². The Morgan fingerprint density at radius 2 is 1.95 bits per heavy atom. The van der Waals surface area contributed by atoms with Gasteiger partial charge in [-0.25, -0.2) is 8.42 Å². The van der Waals surface area contributed by atoms with Crippen molar-refractivity contribution in [2.24, 2.45) is 5.73 Å². The molecule has 1 aromatic rings. The summed E-state index contributed by atoms with van der Waals surface area (Å²) in [5.74, 6) is -0.215. The lowest BCUT2D eigenvalue weighted by atomic mass is 10.3. The summed E-state index contributed by atoms with van der Waals surface area (Å²) in [6, 6.07) is 6.38. The van der Waals surface area contributed by atoms with Gasteiger partial charge in [0.25, 0.3) is 0 Å². The fourth-order valence-electron chi connectivity index (χ4n) is 1.59. The average molecular weight is 363 g/mol. The fourth-order valence-corrected chi connectivity index (χ4v) is 3.16. The number of sulfone groups is 1. The fraction of sp³-hybridized carbons (Fsp3) is 0.462. The van der Waals surface area contributed by atoms with E-state index < -0.39 is 9.84 Å². The third-order valence-electron chi connectivity index (χ3n) is 2.75. The maximum absolute atomic E-state index is 12.0. The summed E-state index contributed by atoms with van der Waals surface area (Å²) in [5.41, 5.74) is 5.39. The molecular formula is C13H19BrN2O3S. The summed E-state index contributed by atoms with van der Waals surface area (Å²) in [6.07, 6.45) is 0.474. The number of amides is 1. The lowest BCUT2D eigenvalue weighted by Crippen LogP contribution is -2.37. The van der Waals surface area contributed by atoms with Crippen LogP contribution in [0.15, 0.2) is 33.6 Å². The minimum absolute atomic E-state index is 0.0426. The first-order chi connectivity index (χ1) is 9.35. The van der Waals surface area contributed by atoms with Crippen LogP contribution < -0.4 is 11.1 Å². The van der Waals surface area contributed by atoms with Gasteiger partial charge in [-0.1, -0.05) is 15.9 Å². The second-order valence-corrected chi connectivity index (χ2v) is 7.61. The van der Waals surface area contributed by atoms with Crippen molar-refractivity contribution in [2.75, 3.05) is 12.3 Å². The molecule has 0 radical (unpaired) electrons. The maximum atomic E-state index is 12.0. The molecule has 1 atom stereocenters. The molecule has 0 spiro atoms. The van der Waals surface area contributed by atoms with Crippen molar-refractivity contribution in [3.8, 4) is 0 Å². The lowest BCUT2D eigenvalue weighted by Gasteiger charge is -2.11. The van der Waals surface area contributed by atoms with Crippen molar-refractivity contribution in [3.63, 3.8) is 0 Å². The van der Waals surface area contributed by atoms with E-state index in [1.165, 1.54) is 0 Å². The number of carbonyl (C=O) groups excluding carboxylic acids is 1. The zero-order valence-corrected chi connectivity index (χ0v) is 13.7. The Balaban J connectivity index is 2.48. The smallest absolute Gasteiger partial charge is 0.220 e. The second-order valence-electron chi connectivity index (χ2n) is 4.58. The maximum Gasteiger partial charge on any atom is 0.220 e. The molecule has 0 saturated heterocycles. The van der Waals surface area contributed by atoms with Gasteiger partial charge in [-0.3, -0.25) is 4.79 Å². The lowest BCUT2D eigenvalue weighted by molar-refractivity contribution is -0.121. The standard InChI is InChI=1S/C13H19BrN2O3S/c1-10(9-15)16-13(17)3-2-8-20(18,19)12-6-4-11(14)5-7-12/h4-7,10H,2-3,8-9,15H2,1H3,(H,16,17)/t10-/m0/s1. The molecule has 1 aromatic carbocycles. The Morgan fingerprint density at radius 3 is 2.50 bits per heavy atom. The van der Waals surface area contributed by atoms with E-state index in [0.29, 0.717) is 13.0 Å². The highest BCUT2D eigenvalue weighted by Gasteiger charge is 2.15. The van der Waals surface area contributed by atoms with Gasteiger partial charge in [0.15, 0.2) is 9.84 Å². The number of benzene rings is 1. The first kappa shape index (κ1) is 17.1. The van der Waals surface area contributed by atoms with Crippen LogP contribution in [0.25, 0.3) is 0 Å². The number of nitrogens with one attached hydrogen (secondary N) is 1. The van der Waals surface area contributed by atoms with Gasteiger partial charge in [0, 0.05) is 23.5 Å². The van der Waals surface area contributed by atoms with Gasteiger partial charge >= 0.3 is 0 Å². The van der Waals surface area contributed by atoms with Gasteiger partial charge in [-0.2, -0.15) is 0 Å². The third kappa shape index (κ3) is 5.60. The summed E-state index contributed by atoms with van der Waals surface area (Å²) in [5, 5.41) is 2.70. The molecule has 5 nitrogen and oxygen atoms in total. The summed E-state index contributed by atoms with van der Waals surface area (Å²) in [4.78, 5) is 11.8. The molecule has 0 bridgehead atoms. The molecule has 20 heavy (non-hydrogen) atoms. The number of halogens is 1. The van der Waals surface area contributed by atoms with E-state index in [9.17, 15) is 13.2 Å². The monoisotopic (exact) mass is 362 g/mol. The minimum atomic E-state index is -3.33. The Labute approximate surface area is 128 Å². The van der Waals surface area contributed by atoms with Gasteiger partial charge in [0.1, 0.15) is 0 Å². The molecule has 0 fully saturated rings. The zero-order chi connectivity index (χ0) is 15.2. The highest BCUT2D eigenvalue weighted by atomic mass is 79.9. The molecule has 0 aliphatic carbocycles. The summed E-state index contributed by atoms with van der Waals surface area (Å²) in [6.45, 7) is 2.17. The third-order valence-corrected chi connectivity index (χ3v) is 5.10. The molecule has 0 aliphatic rings. The normalized spacial score (nSPS) is 12.9. The summed E-state index contributed by atoms with van der Waals surface area (Å²) >= 11 is 3.26. The molecule has 112 valence electrons. The Morgan fingerprint density at radius 1 is 1.35 bits per heavy atom. The van der Waals surface area contributed by atoms with Gasteiger partial charge in [-0.15, -0.1) is 0 Å². The van der Waals surface area contributed by atoms with Crippen LogP contribution in [-0.4, -0.2) is 32.7 Å². The van der Waals surface area contributed by atoms with E-state index in [1.54, 1.807) is 31.2 Å². The van der Waals surface area contributed by atoms with Gasteiger partial charge in [0.2, 0.25) is 5.91 Å². The van der Waals surface area contributed by atoms with Crippen molar-refractivity contribution in [1.29, 1.82) is 0 Å². The van der Waals surface area contributed by atoms with Crippen LogP contribution in [-0.2, 0) is 14.6 Å². The van der Waals surface area contributed by atoms with Crippen LogP contribution in [0.4, 0.5) is 0 Å². The van der Waals surface area contributed by atoms with Crippen LogP contribution >= 0.6 is 15.9 Å².